The lowest BCUT2D eigenvalue weighted by Crippen LogP contribution is -2.40. The van der Waals surface area contributed by atoms with E-state index in [0.717, 1.165) is 12.5 Å². The maximum Gasteiger partial charge on any atom is 0.419 e. The number of amides is 1. The van der Waals surface area contributed by atoms with Crippen LogP contribution in [-0.4, -0.2) is 59.1 Å². The van der Waals surface area contributed by atoms with Gasteiger partial charge in [0.25, 0.3) is 0 Å². The Hall–Kier alpha value is -3.35. The van der Waals surface area contributed by atoms with E-state index >= 15 is 0 Å². The number of alkyl carbamates (subject to hydrolysis) is 1. The molecule has 1 fully saturated rings. The lowest BCUT2D eigenvalue weighted by Gasteiger charge is -2.24. The van der Waals surface area contributed by atoms with Gasteiger partial charge in [-0.05, 0) is 64.7 Å². The van der Waals surface area contributed by atoms with Gasteiger partial charge in [-0.2, -0.15) is 18.2 Å². The van der Waals surface area contributed by atoms with Gasteiger partial charge in [0.15, 0.2) is 0 Å². The van der Waals surface area contributed by atoms with Gasteiger partial charge in [-0.15, -0.1) is 0 Å². The minimum Gasteiger partial charge on any atom is -0.493 e. The quantitative estimate of drug-likeness (QED) is 0.323. The number of nitrogens with one attached hydrogen (secondary N) is 1. The summed E-state index contributed by atoms with van der Waals surface area (Å²) in [4.78, 5) is 29.0. The Bertz CT molecular complexity index is 1100. The van der Waals surface area contributed by atoms with Crippen LogP contribution < -0.4 is 10.1 Å². The summed E-state index contributed by atoms with van der Waals surface area (Å²) in [6.07, 6.45) is -2.82. The summed E-state index contributed by atoms with van der Waals surface area (Å²) in [5, 5.41) is 6.59. The number of nitrogens with zero attached hydrogens (tertiary/aromatic N) is 3. The number of hydrogen-bond acceptors (Lipinski definition) is 9. The van der Waals surface area contributed by atoms with Crippen molar-refractivity contribution in [3.05, 3.63) is 29.7 Å². The molecular weight excluding hydrogens is 509 g/mol. The summed E-state index contributed by atoms with van der Waals surface area (Å²) >= 11 is 0. The zero-order valence-corrected chi connectivity index (χ0v) is 21.9. The molecule has 1 aliphatic rings. The third kappa shape index (κ3) is 8.61. The van der Waals surface area contributed by atoms with Gasteiger partial charge in [0.2, 0.25) is 11.7 Å². The summed E-state index contributed by atoms with van der Waals surface area (Å²) in [5.41, 5.74) is -1.45. The first kappa shape index (κ1) is 29.2. The molecule has 210 valence electrons. The molecular formula is C25H33F3N4O6. The monoisotopic (exact) mass is 542 g/mol. The standard InChI is InChI=1S/C25H33F3N4O6/c1-16(33)35-12-5-6-13-36-20-10-9-17(14-18(20)25(26,27)28)21-30-22(38-31-21)19-8-7-11-32(19)15-29-23(34)37-24(2,3)4/h9-10,14,19H,5-8,11-13,15H2,1-4H3,(H,29,34)/t19-/m0/s1. The molecule has 2 heterocycles. The van der Waals surface area contributed by atoms with Crippen LogP contribution in [0.15, 0.2) is 22.7 Å². The molecule has 0 unspecified atom stereocenters. The van der Waals surface area contributed by atoms with Crippen molar-refractivity contribution < 1.29 is 41.5 Å². The van der Waals surface area contributed by atoms with Gasteiger partial charge >= 0.3 is 18.2 Å². The molecule has 0 radical (unpaired) electrons. The highest BCUT2D eigenvalue weighted by molar-refractivity contribution is 5.67. The van der Waals surface area contributed by atoms with Crippen LogP contribution >= 0.6 is 0 Å². The summed E-state index contributed by atoms with van der Waals surface area (Å²) < 4.78 is 62.1. The Morgan fingerprint density at radius 2 is 1.92 bits per heavy atom. The van der Waals surface area contributed by atoms with E-state index in [-0.39, 0.29) is 49.0 Å². The smallest absolute Gasteiger partial charge is 0.419 e. The highest BCUT2D eigenvalue weighted by atomic mass is 19.4. The average molecular weight is 543 g/mol. The average Bonchev–Trinajstić information content (AvgIpc) is 3.47. The number of esters is 1. The fraction of sp³-hybridized carbons (Fsp3) is 0.600. The van der Waals surface area contributed by atoms with Crippen molar-refractivity contribution in [3.63, 3.8) is 0 Å². The highest BCUT2D eigenvalue weighted by Gasteiger charge is 2.36. The SMILES string of the molecule is CC(=O)OCCCCOc1ccc(-c2noc([C@@H]3CCCN3CNC(=O)OC(C)(C)C)n2)cc1C(F)(F)F. The number of hydrogen-bond donors (Lipinski definition) is 1. The zero-order chi connectivity index (χ0) is 27.9. The van der Waals surface area contributed by atoms with E-state index in [2.05, 4.69) is 15.5 Å². The first-order chi connectivity index (χ1) is 17.8. The highest BCUT2D eigenvalue weighted by Crippen LogP contribution is 2.39. The van der Waals surface area contributed by atoms with Crippen molar-refractivity contribution in [2.24, 2.45) is 0 Å². The van der Waals surface area contributed by atoms with Crippen molar-refractivity contribution in [3.8, 4) is 17.1 Å². The molecule has 10 nitrogen and oxygen atoms in total. The Balaban J connectivity index is 1.66. The molecule has 1 atom stereocenters. The third-order valence-electron chi connectivity index (χ3n) is 5.56. The zero-order valence-electron chi connectivity index (χ0n) is 21.9. The summed E-state index contributed by atoms with van der Waals surface area (Å²) in [6.45, 7) is 7.66. The number of ether oxygens (including phenoxy) is 3. The van der Waals surface area contributed by atoms with Gasteiger partial charge in [-0.25, -0.2) is 4.79 Å². The fourth-order valence-corrected chi connectivity index (χ4v) is 3.88. The predicted molar refractivity (Wildman–Crippen MR) is 129 cm³/mol. The van der Waals surface area contributed by atoms with Crippen LogP contribution in [0.5, 0.6) is 5.75 Å². The van der Waals surface area contributed by atoms with E-state index in [1.165, 1.54) is 19.1 Å². The lowest BCUT2D eigenvalue weighted by atomic mass is 10.1. The predicted octanol–water partition coefficient (Wildman–Crippen LogP) is 5.10. The van der Waals surface area contributed by atoms with Crippen molar-refractivity contribution in [2.45, 2.75) is 71.2 Å². The van der Waals surface area contributed by atoms with E-state index in [9.17, 15) is 22.8 Å². The molecule has 0 spiro atoms. The van der Waals surface area contributed by atoms with E-state index < -0.39 is 29.4 Å². The summed E-state index contributed by atoms with van der Waals surface area (Å²) in [5.74, 6) is -0.452. The molecule has 0 saturated carbocycles. The Morgan fingerprint density at radius 1 is 1.18 bits per heavy atom. The van der Waals surface area contributed by atoms with Crippen molar-refractivity contribution >= 4 is 12.1 Å². The number of aromatic nitrogens is 2. The van der Waals surface area contributed by atoms with E-state index in [4.69, 9.17) is 18.7 Å². The van der Waals surface area contributed by atoms with Crippen LogP contribution in [0.1, 0.15) is 70.9 Å². The van der Waals surface area contributed by atoms with Gasteiger partial charge < -0.3 is 24.1 Å². The van der Waals surface area contributed by atoms with Crippen LogP contribution in [0.3, 0.4) is 0 Å². The normalized spacial score (nSPS) is 16.3. The minimum atomic E-state index is -4.66. The molecule has 13 heteroatoms. The minimum absolute atomic E-state index is 0.0189. The van der Waals surface area contributed by atoms with Crippen LogP contribution in [0, 0.1) is 0 Å². The van der Waals surface area contributed by atoms with Crippen LogP contribution in [0.2, 0.25) is 0 Å². The number of rotatable bonds is 10. The number of halogens is 3. The van der Waals surface area contributed by atoms with E-state index in [1.54, 1.807) is 20.8 Å². The molecule has 0 aliphatic carbocycles. The second kappa shape index (κ2) is 12.5. The van der Waals surface area contributed by atoms with Gasteiger partial charge in [0.1, 0.15) is 11.4 Å². The molecule has 1 aromatic carbocycles. The van der Waals surface area contributed by atoms with Crippen LogP contribution in [-0.2, 0) is 20.4 Å². The molecule has 2 aromatic rings. The Labute approximate surface area is 218 Å². The molecule has 0 bridgehead atoms. The maximum absolute atomic E-state index is 13.8. The van der Waals surface area contributed by atoms with Crippen molar-refractivity contribution in [1.82, 2.24) is 20.4 Å². The van der Waals surface area contributed by atoms with Crippen molar-refractivity contribution in [1.29, 1.82) is 0 Å². The molecule has 1 amide bonds. The number of likely N-dealkylation sites (tertiary alicyclic amines) is 1. The van der Waals surface area contributed by atoms with Gasteiger partial charge in [-0.3, -0.25) is 9.69 Å². The number of carbonyl (C=O) groups excluding carboxylic acids is 2. The Morgan fingerprint density at radius 3 is 2.61 bits per heavy atom. The van der Waals surface area contributed by atoms with Crippen LogP contribution in [0.4, 0.5) is 18.0 Å². The van der Waals surface area contributed by atoms with Gasteiger partial charge in [0.05, 0.1) is 31.5 Å². The first-order valence-electron chi connectivity index (χ1n) is 12.4. The van der Waals surface area contributed by atoms with Gasteiger partial charge in [0, 0.05) is 19.0 Å². The summed E-state index contributed by atoms with van der Waals surface area (Å²) in [6, 6.07) is 3.31. The van der Waals surface area contributed by atoms with E-state index in [0.29, 0.717) is 25.8 Å². The number of benzene rings is 1. The molecule has 3 rings (SSSR count). The maximum atomic E-state index is 13.8. The second-order valence-corrected chi connectivity index (χ2v) is 9.87. The Kier molecular flexibility index (Phi) is 9.58. The molecule has 38 heavy (non-hydrogen) atoms. The molecule has 1 N–H and O–H groups in total. The topological polar surface area (TPSA) is 116 Å². The molecule has 1 aliphatic heterocycles. The van der Waals surface area contributed by atoms with Crippen LogP contribution in [0.25, 0.3) is 11.4 Å². The largest absolute Gasteiger partial charge is 0.493 e. The number of alkyl halides is 3. The van der Waals surface area contributed by atoms with Crippen molar-refractivity contribution in [2.75, 3.05) is 26.4 Å². The molecule has 1 saturated heterocycles. The van der Waals surface area contributed by atoms with Gasteiger partial charge in [-0.1, -0.05) is 5.16 Å². The van der Waals surface area contributed by atoms with E-state index in [1.807, 2.05) is 4.90 Å². The molecule has 1 aromatic heterocycles. The summed E-state index contributed by atoms with van der Waals surface area (Å²) in [7, 11) is 0. The number of unbranched alkanes of at least 4 members (excludes halogenated alkanes) is 1. The third-order valence-corrected chi connectivity index (χ3v) is 5.56. The first-order valence-corrected chi connectivity index (χ1v) is 12.4. The second-order valence-electron chi connectivity index (χ2n) is 9.87. The number of carbonyl (C=O) groups is 2. The fourth-order valence-electron chi connectivity index (χ4n) is 3.88. The lowest BCUT2D eigenvalue weighted by molar-refractivity contribution is -0.141.